The fourth-order valence-corrected chi connectivity index (χ4v) is 5.77. The van der Waals surface area contributed by atoms with Gasteiger partial charge in [-0.2, -0.15) is 0 Å². The first kappa shape index (κ1) is 25.1. The summed E-state index contributed by atoms with van der Waals surface area (Å²) >= 11 is 13.1. The zero-order chi connectivity index (χ0) is 27.1. The molecule has 0 bridgehead atoms. The van der Waals surface area contributed by atoms with Crippen molar-refractivity contribution in [1.82, 2.24) is 10.2 Å². The molecule has 0 saturated heterocycles. The van der Waals surface area contributed by atoms with Crippen LogP contribution in [0.5, 0.6) is 5.75 Å². The second kappa shape index (κ2) is 10.1. The van der Waals surface area contributed by atoms with Gasteiger partial charge in [0.15, 0.2) is 5.01 Å². The minimum atomic E-state index is -0.420. The molecule has 1 aliphatic carbocycles. The normalized spacial score (nSPS) is 11.5. The highest BCUT2D eigenvalue weighted by molar-refractivity contribution is 7.18. The van der Waals surface area contributed by atoms with Gasteiger partial charge in [0.1, 0.15) is 5.75 Å². The third-order valence-electron chi connectivity index (χ3n) is 6.41. The van der Waals surface area contributed by atoms with E-state index in [1.807, 2.05) is 24.3 Å². The zero-order valence-electron chi connectivity index (χ0n) is 20.0. The summed E-state index contributed by atoms with van der Waals surface area (Å²) in [5, 5.41) is 24.9. The molecule has 7 nitrogen and oxygen atoms in total. The molecule has 0 atom stereocenters. The van der Waals surface area contributed by atoms with E-state index in [0.717, 1.165) is 34.6 Å². The third kappa shape index (κ3) is 4.85. The fourth-order valence-electron chi connectivity index (χ4n) is 4.52. The van der Waals surface area contributed by atoms with E-state index < -0.39 is 5.91 Å². The summed E-state index contributed by atoms with van der Waals surface area (Å²) in [6, 6.07) is 23.4. The van der Waals surface area contributed by atoms with E-state index in [1.54, 1.807) is 24.3 Å². The zero-order valence-corrected chi connectivity index (χ0v) is 22.4. The van der Waals surface area contributed by atoms with Crippen molar-refractivity contribution in [1.29, 1.82) is 0 Å². The van der Waals surface area contributed by atoms with Crippen LogP contribution in [0.2, 0.25) is 10.0 Å². The van der Waals surface area contributed by atoms with E-state index >= 15 is 0 Å². The lowest BCUT2D eigenvalue weighted by molar-refractivity contribution is 0.101. The van der Waals surface area contributed by atoms with E-state index in [2.05, 4.69) is 39.0 Å². The molecule has 10 heteroatoms. The quantitative estimate of drug-likeness (QED) is 0.201. The van der Waals surface area contributed by atoms with Crippen molar-refractivity contribution in [2.75, 3.05) is 10.6 Å². The Hall–Kier alpha value is -4.24. The number of hydrogen-bond donors (Lipinski definition) is 3. The number of carbonyl (C=O) groups excluding carboxylic acids is 2. The number of rotatable bonds is 5. The first-order valence-electron chi connectivity index (χ1n) is 11.8. The van der Waals surface area contributed by atoms with E-state index in [0.29, 0.717) is 26.7 Å². The van der Waals surface area contributed by atoms with Gasteiger partial charge in [0.05, 0.1) is 10.6 Å². The number of anilines is 2. The summed E-state index contributed by atoms with van der Waals surface area (Å²) in [5.74, 6) is -0.856. The lowest BCUT2D eigenvalue weighted by atomic mass is 10.0. The maximum absolute atomic E-state index is 13.0. The Morgan fingerprint density at radius 3 is 2.26 bits per heavy atom. The molecular formula is C29H18Cl2N4O3S. The molecule has 3 N–H and O–H groups in total. The first-order valence-corrected chi connectivity index (χ1v) is 13.4. The summed E-state index contributed by atoms with van der Waals surface area (Å²) in [6.45, 7) is 0. The van der Waals surface area contributed by atoms with E-state index in [-0.39, 0.29) is 21.8 Å². The van der Waals surface area contributed by atoms with Crippen molar-refractivity contribution in [3.63, 3.8) is 0 Å². The lowest BCUT2D eigenvalue weighted by Crippen LogP contribution is -2.15. The average molecular weight is 573 g/mol. The van der Waals surface area contributed by atoms with Crippen LogP contribution in [0, 0.1) is 0 Å². The molecule has 0 fully saturated rings. The van der Waals surface area contributed by atoms with Gasteiger partial charge in [-0.1, -0.05) is 70.9 Å². The molecule has 6 rings (SSSR count). The molecule has 1 aliphatic rings. The van der Waals surface area contributed by atoms with Crippen LogP contribution in [0.1, 0.15) is 31.8 Å². The maximum Gasteiger partial charge on any atom is 0.257 e. The molecule has 0 aliphatic heterocycles. The number of hydrogen-bond acceptors (Lipinski definition) is 6. The molecule has 192 valence electrons. The fraction of sp³-hybridized carbons (Fsp3) is 0.0345. The van der Waals surface area contributed by atoms with Gasteiger partial charge in [-0.25, -0.2) is 0 Å². The SMILES string of the molecule is O=C(Nc1nnc(-c2cc(Cl)cc(Cl)c2O)s1)c1ccc(C(=O)Nc2cccc3c2Cc2ccccc2-3)cc1. The predicted molar refractivity (Wildman–Crippen MR) is 154 cm³/mol. The molecule has 0 spiro atoms. The van der Waals surface area contributed by atoms with Crippen molar-refractivity contribution in [3.8, 4) is 27.4 Å². The monoisotopic (exact) mass is 572 g/mol. The van der Waals surface area contributed by atoms with Gasteiger partial charge in [-0.15, -0.1) is 10.2 Å². The van der Waals surface area contributed by atoms with Gasteiger partial charge >= 0.3 is 0 Å². The Labute approximate surface area is 237 Å². The third-order valence-corrected chi connectivity index (χ3v) is 7.79. The van der Waals surface area contributed by atoms with Crippen LogP contribution in [0.4, 0.5) is 10.8 Å². The minimum Gasteiger partial charge on any atom is -0.506 e. The molecule has 1 aromatic heterocycles. The Morgan fingerprint density at radius 2 is 1.49 bits per heavy atom. The average Bonchev–Trinajstić information content (AvgIpc) is 3.56. The van der Waals surface area contributed by atoms with Gasteiger partial charge in [-0.3, -0.25) is 14.9 Å². The predicted octanol–water partition coefficient (Wildman–Crippen LogP) is 7.29. The number of nitrogens with one attached hydrogen (secondary N) is 2. The standard InChI is InChI=1S/C29H18Cl2N4O3S/c30-18-13-22(25(36)23(31)14-18)28-34-35-29(39-28)33-27(38)16-10-8-15(9-11-16)26(37)32-24-7-3-6-20-19-5-2-1-4-17(19)12-21(20)24/h1-11,13-14,36H,12H2,(H,32,37)(H,33,35,38). The van der Waals surface area contributed by atoms with Gasteiger partial charge in [0.2, 0.25) is 5.13 Å². The molecule has 1 heterocycles. The number of phenols is 1. The molecule has 4 aromatic carbocycles. The van der Waals surface area contributed by atoms with Crippen LogP contribution < -0.4 is 10.6 Å². The van der Waals surface area contributed by atoms with Crippen molar-refractivity contribution in [3.05, 3.63) is 111 Å². The van der Waals surface area contributed by atoms with Gasteiger partial charge in [0.25, 0.3) is 11.8 Å². The molecule has 0 unspecified atom stereocenters. The number of carbonyl (C=O) groups is 2. The number of aromatic hydroxyl groups is 1. The summed E-state index contributed by atoms with van der Waals surface area (Å²) in [7, 11) is 0. The van der Waals surface area contributed by atoms with E-state index in [1.165, 1.54) is 23.3 Å². The summed E-state index contributed by atoms with van der Waals surface area (Å²) in [5.41, 5.74) is 6.49. The number of amides is 2. The Morgan fingerprint density at radius 1 is 0.795 bits per heavy atom. The Kier molecular flexibility index (Phi) is 6.52. The molecule has 0 radical (unpaired) electrons. The van der Waals surface area contributed by atoms with Crippen LogP contribution in [-0.4, -0.2) is 27.1 Å². The summed E-state index contributed by atoms with van der Waals surface area (Å²) in [4.78, 5) is 25.8. The Bertz CT molecular complexity index is 1770. The van der Waals surface area contributed by atoms with Crippen LogP contribution in [0.15, 0.2) is 78.9 Å². The van der Waals surface area contributed by atoms with Crippen molar-refractivity contribution >= 4 is 57.2 Å². The van der Waals surface area contributed by atoms with Crippen LogP contribution in [-0.2, 0) is 6.42 Å². The first-order chi connectivity index (χ1) is 18.9. The topological polar surface area (TPSA) is 104 Å². The highest BCUT2D eigenvalue weighted by Gasteiger charge is 2.22. The highest BCUT2D eigenvalue weighted by atomic mass is 35.5. The van der Waals surface area contributed by atoms with Crippen LogP contribution in [0.3, 0.4) is 0 Å². The number of aromatic nitrogens is 2. The number of nitrogens with zero attached hydrogens (tertiary/aromatic N) is 2. The Balaban J connectivity index is 1.14. The summed E-state index contributed by atoms with van der Waals surface area (Å²) < 4.78 is 0. The van der Waals surface area contributed by atoms with E-state index in [4.69, 9.17) is 23.2 Å². The van der Waals surface area contributed by atoms with Gasteiger partial charge in [0, 0.05) is 28.3 Å². The largest absolute Gasteiger partial charge is 0.506 e. The lowest BCUT2D eigenvalue weighted by Gasteiger charge is -2.11. The maximum atomic E-state index is 13.0. The molecule has 5 aromatic rings. The van der Waals surface area contributed by atoms with Gasteiger partial charge in [-0.05, 0) is 64.7 Å². The van der Waals surface area contributed by atoms with Crippen LogP contribution in [0.25, 0.3) is 21.7 Å². The smallest absolute Gasteiger partial charge is 0.257 e. The molecular weight excluding hydrogens is 555 g/mol. The second-order valence-corrected chi connectivity index (χ2v) is 10.7. The van der Waals surface area contributed by atoms with E-state index in [9.17, 15) is 14.7 Å². The van der Waals surface area contributed by atoms with Gasteiger partial charge < -0.3 is 10.4 Å². The molecule has 39 heavy (non-hydrogen) atoms. The molecule has 0 saturated carbocycles. The van der Waals surface area contributed by atoms with Crippen molar-refractivity contribution in [2.24, 2.45) is 0 Å². The van der Waals surface area contributed by atoms with Crippen LogP contribution >= 0.6 is 34.5 Å². The van der Waals surface area contributed by atoms with Crippen molar-refractivity contribution < 1.29 is 14.7 Å². The minimum absolute atomic E-state index is 0.0872. The molecule has 2 amide bonds. The highest BCUT2D eigenvalue weighted by Crippen LogP contribution is 2.41. The van der Waals surface area contributed by atoms with Crippen molar-refractivity contribution in [2.45, 2.75) is 6.42 Å². The summed E-state index contributed by atoms with van der Waals surface area (Å²) in [6.07, 6.45) is 0.762. The number of halogens is 2. The number of benzene rings is 4. The number of fused-ring (bicyclic) bond motifs is 3. The second-order valence-electron chi connectivity index (χ2n) is 8.85. The number of phenolic OH excluding ortho intramolecular Hbond substituents is 1.